The third-order valence-corrected chi connectivity index (χ3v) is 2.55. The smallest absolute Gasteiger partial charge is 0.0992 e. The fourth-order valence-corrected chi connectivity index (χ4v) is 1.71. The molecular weight excluding hydrogens is 186 g/mol. The van der Waals surface area contributed by atoms with E-state index >= 15 is 0 Å². The Hall–Kier alpha value is -1.95. The molecule has 1 aromatic carbocycles. The van der Waals surface area contributed by atoms with E-state index in [1.54, 1.807) is 18.2 Å². The minimum atomic E-state index is 0.418. The van der Waals surface area contributed by atoms with Gasteiger partial charge in [-0.3, -0.25) is 0 Å². The van der Waals surface area contributed by atoms with Gasteiger partial charge in [-0.15, -0.1) is 0 Å². The minimum Gasteiger partial charge on any atom is -0.397 e. The lowest BCUT2D eigenvalue weighted by Crippen LogP contribution is -2.16. The molecule has 3 nitrogen and oxygen atoms in total. The molecule has 2 rings (SSSR count). The first kappa shape index (κ1) is 9.60. The standard InChI is InChI=1S/C12H13N3/c13-8-9-5-6-11(14)12(7-9)15-10-3-1-2-4-10/h1-2,5-7,10,15H,3-4,14H2. The molecule has 76 valence electrons. The highest BCUT2D eigenvalue weighted by Gasteiger charge is 2.11. The van der Waals surface area contributed by atoms with Crippen molar-refractivity contribution in [1.82, 2.24) is 0 Å². The highest BCUT2D eigenvalue weighted by Crippen LogP contribution is 2.23. The quantitative estimate of drug-likeness (QED) is 0.567. The van der Waals surface area contributed by atoms with Gasteiger partial charge in [-0.25, -0.2) is 0 Å². The molecule has 0 fully saturated rings. The Balaban J connectivity index is 2.16. The number of nitrogens with zero attached hydrogens (tertiary/aromatic N) is 1. The van der Waals surface area contributed by atoms with Gasteiger partial charge in [0.15, 0.2) is 0 Å². The molecule has 0 saturated carbocycles. The molecule has 15 heavy (non-hydrogen) atoms. The summed E-state index contributed by atoms with van der Waals surface area (Å²) in [5, 5.41) is 12.1. The predicted octanol–water partition coefficient (Wildman–Crippen LogP) is 2.27. The average Bonchev–Trinajstić information content (AvgIpc) is 2.74. The lowest BCUT2D eigenvalue weighted by molar-refractivity contribution is 0.787. The summed E-state index contributed by atoms with van der Waals surface area (Å²) >= 11 is 0. The van der Waals surface area contributed by atoms with Crippen LogP contribution in [-0.2, 0) is 0 Å². The van der Waals surface area contributed by atoms with Gasteiger partial charge < -0.3 is 11.1 Å². The Kier molecular flexibility index (Phi) is 2.59. The summed E-state index contributed by atoms with van der Waals surface area (Å²) in [6.07, 6.45) is 6.36. The maximum atomic E-state index is 8.78. The number of nitrogens with two attached hydrogens (primary N) is 1. The lowest BCUT2D eigenvalue weighted by atomic mass is 10.1. The molecule has 0 aliphatic heterocycles. The molecule has 0 spiro atoms. The molecule has 0 unspecified atom stereocenters. The SMILES string of the molecule is N#Cc1ccc(N)c(NC2CC=CC2)c1. The molecule has 3 N–H and O–H groups in total. The van der Waals surface area contributed by atoms with Gasteiger partial charge in [0.25, 0.3) is 0 Å². The third-order valence-electron chi connectivity index (χ3n) is 2.55. The van der Waals surface area contributed by atoms with Crippen molar-refractivity contribution in [3.63, 3.8) is 0 Å². The van der Waals surface area contributed by atoms with Crippen LogP contribution in [0.4, 0.5) is 11.4 Å². The molecule has 0 bridgehead atoms. The van der Waals surface area contributed by atoms with Crippen LogP contribution in [0.5, 0.6) is 0 Å². The van der Waals surface area contributed by atoms with E-state index in [-0.39, 0.29) is 0 Å². The summed E-state index contributed by atoms with van der Waals surface area (Å²) in [7, 11) is 0. The molecular formula is C12H13N3. The second-order valence-electron chi connectivity index (χ2n) is 3.70. The van der Waals surface area contributed by atoms with Gasteiger partial charge in [0.05, 0.1) is 23.0 Å². The highest BCUT2D eigenvalue weighted by atomic mass is 14.9. The molecule has 0 aromatic heterocycles. The summed E-state index contributed by atoms with van der Waals surface area (Å²) in [6, 6.07) is 7.82. The van der Waals surface area contributed by atoms with Gasteiger partial charge in [0, 0.05) is 6.04 Å². The zero-order valence-electron chi connectivity index (χ0n) is 8.40. The van der Waals surface area contributed by atoms with Crippen molar-refractivity contribution >= 4 is 11.4 Å². The maximum Gasteiger partial charge on any atom is 0.0992 e. The molecule has 1 aromatic rings. The van der Waals surface area contributed by atoms with Crippen LogP contribution >= 0.6 is 0 Å². The predicted molar refractivity (Wildman–Crippen MR) is 61.4 cm³/mol. The summed E-state index contributed by atoms with van der Waals surface area (Å²) in [5.74, 6) is 0. The van der Waals surface area contributed by atoms with Crippen LogP contribution in [0.1, 0.15) is 18.4 Å². The van der Waals surface area contributed by atoms with Crippen LogP contribution in [0.15, 0.2) is 30.4 Å². The van der Waals surface area contributed by atoms with Gasteiger partial charge in [-0.05, 0) is 31.0 Å². The molecule has 3 heteroatoms. The summed E-state index contributed by atoms with van der Waals surface area (Å²) in [4.78, 5) is 0. The first-order valence-corrected chi connectivity index (χ1v) is 5.01. The Morgan fingerprint density at radius 1 is 1.33 bits per heavy atom. The van der Waals surface area contributed by atoms with E-state index in [4.69, 9.17) is 11.0 Å². The number of nitriles is 1. The van der Waals surface area contributed by atoms with E-state index in [9.17, 15) is 0 Å². The van der Waals surface area contributed by atoms with E-state index in [1.807, 2.05) is 0 Å². The van der Waals surface area contributed by atoms with Crippen LogP contribution in [0.3, 0.4) is 0 Å². The van der Waals surface area contributed by atoms with E-state index in [1.165, 1.54) is 0 Å². The molecule has 1 aliphatic rings. The second kappa shape index (κ2) is 4.05. The van der Waals surface area contributed by atoms with Crippen molar-refractivity contribution in [3.8, 4) is 6.07 Å². The van der Waals surface area contributed by atoms with E-state index in [2.05, 4.69) is 23.5 Å². The van der Waals surface area contributed by atoms with Crippen molar-refractivity contribution in [3.05, 3.63) is 35.9 Å². The van der Waals surface area contributed by atoms with Crippen molar-refractivity contribution in [2.45, 2.75) is 18.9 Å². The third kappa shape index (κ3) is 2.10. The van der Waals surface area contributed by atoms with Gasteiger partial charge in [0.2, 0.25) is 0 Å². The molecule has 1 aliphatic carbocycles. The van der Waals surface area contributed by atoms with Crippen LogP contribution < -0.4 is 11.1 Å². The lowest BCUT2D eigenvalue weighted by Gasteiger charge is -2.15. The van der Waals surface area contributed by atoms with Crippen molar-refractivity contribution in [1.29, 1.82) is 5.26 Å². The molecule has 0 radical (unpaired) electrons. The monoisotopic (exact) mass is 199 g/mol. The Labute approximate surface area is 89.2 Å². The van der Waals surface area contributed by atoms with Gasteiger partial charge in [-0.1, -0.05) is 12.2 Å². The van der Waals surface area contributed by atoms with Gasteiger partial charge in [-0.2, -0.15) is 5.26 Å². The van der Waals surface area contributed by atoms with Gasteiger partial charge >= 0.3 is 0 Å². The number of benzene rings is 1. The number of anilines is 2. The van der Waals surface area contributed by atoms with Crippen molar-refractivity contribution in [2.75, 3.05) is 11.1 Å². The zero-order chi connectivity index (χ0) is 10.7. The number of nitrogen functional groups attached to an aromatic ring is 1. The number of nitrogens with one attached hydrogen (secondary N) is 1. The summed E-state index contributed by atoms with van der Waals surface area (Å²) in [6.45, 7) is 0. The van der Waals surface area contributed by atoms with E-state index < -0.39 is 0 Å². The van der Waals surface area contributed by atoms with Crippen LogP contribution in [-0.4, -0.2) is 6.04 Å². The first-order chi connectivity index (χ1) is 7.29. The normalized spacial score (nSPS) is 15.1. The van der Waals surface area contributed by atoms with Crippen molar-refractivity contribution < 1.29 is 0 Å². The van der Waals surface area contributed by atoms with Crippen LogP contribution in [0.25, 0.3) is 0 Å². The number of rotatable bonds is 2. The number of hydrogen-bond donors (Lipinski definition) is 2. The minimum absolute atomic E-state index is 0.418. The maximum absolute atomic E-state index is 8.78. The fraction of sp³-hybridized carbons (Fsp3) is 0.250. The Morgan fingerprint density at radius 2 is 2.07 bits per heavy atom. The average molecular weight is 199 g/mol. The second-order valence-corrected chi connectivity index (χ2v) is 3.70. The Bertz CT molecular complexity index is 421. The molecule has 0 saturated heterocycles. The van der Waals surface area contributed by atoms with Gasteiger partial charge in [0.1, 0.15) is 0 Å². The molecule has 0 heterocycles. The molecule has 0 amide bonds. The number of hydrogen-bond acceptors (Lipinski definition) is 3. The van der Waals surface area contributed by atoms with Crippen molar-refractivity contribution in [2.24, 2.45) is 0 Å². The zero-order valence-corrected chi connectivity index (χ0v) is 8.40. The topological polar surface area (TPSA) is 61.8 Å². The van der Waals surface area contributed by atoms with Crippen LogP contribution in [0, 0.1) is 11.3 Å². The first-order valence-electron chi connectivity index (χ1n) is 5.01. The summed E-state index contributed by atoms with van der Waals surface area (Å²) in [5.41, 5.74) is 8.03. The highest BCUT2D eigenvalue weighted by molar-refractivity contribution is 5.68. The fourth-order valence-electron chi connectivity index (χ4n) is 1.71. The van der Waals surface area contributed by atoms with E-state index in [0.717, 1.165) is 18.5 Å². The van der Waals surface area contributed by atoms with Crippen LogP contribution in [0.2, 0.25) is 0 Å². The van der Waals surface area contributed by atoms with E-state index in [0.29, 0.717) is 17.3 Å². The molecule has 0 atom stereocenters. The summed E-state index contributed by atoms with van der Waals surface area (Å²) < 4.78 is 0. The Morgan fingerprint density at radius 3 is 2.73 bits per heavy atom. The largest absolute Gasteiger partial charge is 0.397 e.